The molecule has 0 saturated carbocycles. The summed E-state index contributed by atoms with van der Waals surface area (Å²) < 4.78 is 0. The largest absolute Gasteiger partial charge is 0.398 e. The highest BCUT2D eigenvalue weighted by molar-refractivity contribution is 7.20. The molecule has 2 N–H and O–H groups in total. The molecule has 2 atom stereocenters. The summed E-state index contributed by atoms with van der Waals surface area (Å²) in [7, 11) is 0. The Bertz CT molecular complexity index is 1380. The summed E-state index contributed by atoms with van der Waals surface area (Å²) in [4.78, 5) is 32.7. The quantitative estimate of drug-likeness (QED) is 0.435. The number of Topliss-reactive ketones (excluding diaryl/α,β-unsaturated/α-hetero) is 2. The molecule has 0 fully saturated rings. The van der Waals surface area contributed by atoms with Crippen LogP contribution in [0.4, 0.5) is 5.69 Å². The van der Waals surface area contributed by atoms with E-state index in [4.69, 9.17) is 10.7 Å². The minimum absolute atomic E-state index is 0.0497. The molecule has 2 aromatic heterocycles. The molecule has 2 unspecified atom stereocenters. The standard InChI is InChI=1S/C27H22N2O2S/c28-25-23-19-11-17(15-7-3-1-4-8-15)14-22(31)26(19)32-27(23)29-20-12-18(13-21(30)24(20)25)16-9-5-2-6-10-16/h1-10,17-18H,11-14H2,(H2,28,29). The molecule has 6 rings (SSSR count). The van der Waals surface area contributed by atoms with Crippen molar-refractivity contribution < 1.29 is 9.59 Å². The highest BCUT2D eigenvalue weighted by Crippen LogP contribution is 2.45. The Kier molecular flexibility index (Phi) is 4.47. The second kappa shape index (κ2) is 7.38. The number of nitrogens with zero attached hydrogens (tertiary/aromatic N) is 1. The average Bonchev–Trinajstić information content (AvgIpc) is 3.19. The molecule has 2 aliphatic rings. The van der Waals surface area contributed by atoms with Crippen LogP contribution >= 0.6 is 11.3 Å². The van der Waals surface area contributed by atoms with Gasteiger partial charge in [-0.1, -0.05) is 60.7 Å². The second-order valence-electron chi connectivity index (χ2n) is 8.82. The van der Waals surface area contributed by atoms with Gasteiger partial charge in [-0.2, -0.15) is 0 Å². The Morgan fingerprint density at radius 2 is 1.38 bits per heavy atom. The van der Waals surface area contributed by atoms with Crippen molar-refractivity contribution in [2.45, 2.75) is 37.5 Å². The third-order valence-electron chi connectivity index (χ3n) is 6.88. The van der Waals surface area contributed by atoms with Gasteiger partial charge in [-0.05, 0) is 41.4 Å². The molecule has 5 heteroatoms. The number of nitrogens with two attached hydrogens (primary N) is 1. The number of hydrogen-bond acceptors (Lipinski definition) is 5. The Hall–Kier alpha value is -3.31. The van der Waals surface area contributed by atoms with Gasteiger partial charge in [0.2, 0.25) is 0 Å². The summed E-state index contributed by atoms with van der Waals surface area (Å²) in [5.74, 6) is 0.435. The van der Waals surface area contributed by atoms with Crippen molar-refractivity contribution in [3.8, 4) is 0 Å². The molecule has 0 amide bonds. The van der Waals surface area contributed by atoms with Crippen molar-refractivity contribution in [3.05, 3.63) is 93.5 Å². The Morgan fingerprint density at radius 3 is 2.03 bits per heavy atom. The van der Waals surface area contributed by atoms with E-state index in [2.05, 4.69) is 24.3 Å². The Morgan fingerprint density at radius 1 is 0.781 bits per heavy atom. The van der Waals surface area contributed by atoms with Gasteiger partial charge in [-0.3, -0.25) is 9.59 Å². The molecule has 4 nitrogen and oxygen atoms in total. The van der Waals surface area contributed by atoms with E-state index in [9.17, 15) is 9.59 Å². The van der Waals surface area contributed by atoms with Crippen molar-refractivity contribution in [3.63, 3.8) is 0 Å². The number of ketones is 2. The number of aromatic nitrogens is 1. The molecule has 32 heavy (non-hydrogen) atoms. The van der Waals surface area contributed by atoms with Gasteiger partial charge in [-0.25, -0.2) is 4.98 Å². The Balaban J connectivity index is 1.46. The van der Waals surface area contributed by atoms with Crippen molar-refractivity contribution >= 4 is 38.8 Å². The summed E-state index contributed by atoms with van der Waals surface area (Å²) >= 11 is 1.44. The van der Waals surface area contributed by atoms with Crippen LogP contribution in [0.15, 0.2) is 60.7 Å². The topological polar surface area (TPSA) is 73.0 Å². The SMILES string of the molecule is Nc1c2c(nc3sc4c(c13)CC(c1ccccc1)CC4=O)CC(c1ccccc1)CC2=O. The fraction of sp³-hybridized carbons (Fsp3) is 0.222. The fourth-order valence-electron chi connectivity index (χ4n) is 5.33. The first kappa shape index (κ1) is 19.4. The molecule has 0 saturated heterocycles. The van der Waals surface area contributed by atoms with E-state index in [0.29, 0.717) is 30.5 Å². The first-order valence-electron chi connectivity index (χ1n) is 11.0. The number of benzene rings is 2. The number of rotatable bonds is 2. The van der Waals surface area contributed by atoms with Gasteiger partial charge in [0.15, 0.2) is 11.6 Å². The van der Waals surface area contributed by atoms with Crippen LogP contribution in [0.25, 0.3) is 10.2 Å². The molecule has 0 spiro atoms. The number of anilines is 1. The molecule has 2 aromatic carbocycles. The molecule has 2 heterocycles. The number of carbonyl (C=O) groups is 2. The third kappa shape index (κ3) is 3.00. The number of hydrogen-bond donors (Lipinski definition) is 1. The predicted molar refractivity (Wildman–Crippen MR) is 128 cm³/mol. The number of carbonyl (C=O) groups excluding carboxylic acids is 2. The van der Waals surface area contributed by atoms with Crippen molar-refractivity contribution in [2.24, 2.45) is 0 Å². The van der Waals surface area contributed by atoms with Crippen LogP contribution < -0.4 is 5.73 Å². The predicted octanol–water partition coefficient (Wildman–Crippen LogP) is 5.70. The van der Waals surface area contributed by atoms with Crippen molar-refractivity contribution in [1.29, 1.82) is 0 Å². The first-order chi connectivity index (χ1) is 15.6. The van der Waals surface area contributed by atoms with E-state index in [1.807, 2.05) is 36.4 Å². The molecule has 4 aromatic rings. The zero-order valence-corrected chi connectivity index (χ0v) is 18.3. The van der Waals surface area contributed by atoms with Crippen LogP contribution in [0.1, 0.15) is 67.1 Å². The number of fused-ring (bicyclic) bond motifs is 4. The van der Waals surface area contributed by atoms with Gasteiger partial charge in [-0.15, -0.1) is 11.3 Å². The molecule has 2 aliphatic carbocycles. The van der Waals surface area contributed by atoms with E-state index in [-0.39, 0.29) is 23.4 Å². The molecule has 158 valence electrons. The maximum atomic E-state index is 13.2. The summed E-state index contributed by atoms with van der Waals surface area (Å²) in [6.45, 7) is 0. The van der Waals surface area contributed by atoms with Crippen LogP contribution in [0, 0.1) is 0 Å². The van der Waals surface area contributed by atoms with E-state index in [0.717, 1.165) is 43.9 Å². The lowest BCUT2D eigenvalue weighted by molar-refractivity contribution is 0.0958. The van der Waals surface area contributed by atoms with E-state index < -0.39 is 0 Å². The van der Waals surface area contributed by atoms with Gasteiger partial charge >= 0.3 is 0 Å². The maximum absolute atomic E-state index is 13.2. The molecule has 0 aliphatic heterocycles. The third-order valence-corrected chi connectivity index (χ3v) is 8.05. The Labute approximate surface area is 190 Å². The molecular formula is C27H22N2O2S. The number of nitrogen functional groups attached to an aromatic ring is 1. The van der Waals surface area contributed by atoms with Gasteiger partial charge in [0, 0.05) is 18.2 Å². The van der Waals surface area contributed by atoms with Gasteiger partial charge < -0.3 is 5.73 Å². The second-order valence-corrected chi connectivity index (χ2v) is 9.81. The maximum Gasteiger partial charge on any atom is 0.173 e. The zero-order valence-electron chi connectivity index (χ0n) is 17.5. The van der Waals surface area contributed by atoms with Crippen LogP contribution in [0.5, 0.6) is 0 Å². The molecule has 0 radical (unpaired) electrons. The summed E-state index contributed by atoms with van der Waals surface area (Å²) in [6.07, 6.45) is 2.37. The number of pyridine rings is 1. The fourth-order valence-corrected chi connectivity index (χ4v) is 6.52. The normalized spacial score (nSPS) is 20.2. The monoisotopic (exact) mass is 438 g/mol. The first-order valence-corrected chi connectivity index (χ1v) is 11.8. The number of thiophene rings is 1. The minimum atomic E-state index is 0.0497. The summed E-state index contributed by atoms with van der Waals surface area (Å²) in [5.41, 5.74) is 11.8. The van der Waals surface area contributed by atoms with Crippen LogP contribution in [-0.4, -0.2) is 16.6 Å². The zero-order chi connectivity index (χ0) is 21.8. The minimum Gasteiger partial charge on any atom is -0.398 e. The van der Waals surface area contributed by atoms with Crippen LogP contribution in [0.2, 0.25) is 0 Å². The van der Waals surface area contributed by atoms with Gasteiger partial charge in [0.25, 0.3) is 0 Å². The van der Waals surface area contributed by atoms with Crippen molar-refractivity contribution in [2.75, 3.05) is 5.73 Å². The smallest absolute Gasteiger partial charge is 0.173 e. The lowest BCUT2D eigenvalue weighted by atomic mass is 9.79. The summed E-state index contributed by atoms with van der Waals surface area (Å²) in [5, 5.41) is 0.823. The van der Waals surface area contributed by atoms with Gasteiger partial charge in [0.05, 0.1) is 21.8 Å². The van der Waals surface area contributed by atoms with Gasteiger partial charge in [0.1, 0.15) is 4.83 Å². The molecule has 0 bridgehead atoms. The lowest BCUT2D eigenvalue weighted by Crippen LogP contribution is -2.22. The highest BCUT2D eigenvalue weighted by atomic mass is 32.1. The summed E-state index contributed by atoms with van der Waals surface area (Å²) in [6, 6.07) is 20.3. The van der Waals surface area contributed by atoms with E-state index >= 15 is 0 Å². The van der Waals surface area contributed by atoms with E-state index in [1.54, 1.807) is 0 Å². The highest BCUT2D eigenvalue weighted by Gasteiger charge is 2.35. The molecular weight excluding hydrogens is 416 g/mol. The van der Waals surface area contributed by atoms with Crippen molar-refractivity contribution in [1.82, 2.24) is 4.98 Å². The van der Waals surface area contributed by atoms with Crippen LogP contribution in [0.3, 0.4) is 0 Å². The van der Waals surface area contributed by atoms with E-state index in [1.165, 1.54) is 11.3 Å². The van der Waals surface area contributed by atoms with Crippen LogP contribution in [-0.2, 0) is 12.8 Å². The lowest BCUT2D eigenvalue weighted by Gasteiger charge is -2.25. The average molecular weight is 439 g/mol.